The molecule has 1 amide bonds. The molecule has 4 rings (SSSR count). The summed E-state index contributed by atoms with van der Waals surface area (Å²) >= 11 is 0. The lowest BCUT2D eigenvalue weighted by Gasteiger charge is -2.17. The van der Waals surface area contributed by atoms with Crippen molar-refractivity contribution in [2.45, 2.75) is 39.5 Å². The minimum atomic E-state index is -3.45. The Morgan fingerprint density at radius 3 is 2.43 bits per heavy atom. The highest BCUT2D eigenvalue weighted by atomic mass is 32.2. The second kappa shape index (κ2) is 11.5. The molecule has 1 aromatic heterocycles. The van der Waals surface area contributed by atoms with Crippen LogP contribution >= 0.6 is 0 Å². The molecule has 0 aliphatic rings. The number of para-hydroxylation sites is 1. The van der Waals surface area contributed by atoms with Crippen LogP contribution in [0.4, 0.5) is 22.7 Å². The van der Waals surface area contributed by atoms with Crippen molar-refractivity contribution in [3.8, 4) is 5.75 Å². The smallest absolute Gasteiger partial charge is 0.232 e. The summed E-state index contributed by atoms with van der Waals surface area (Å²) in [6.45, 7) is 3.56. The highest BCUT2D eigenvalue weighted by molar-refractivity contribution is 7.92. The van der Waals surface area contributed by atoms with Crippen LogP contribution in [0.3, 0.4) is 0 Å². The number of fused-ring (bicyclic) bond motifs is 2. The molecule has 3 aromatic carbocycles. The standard InChI is InChI=1S/C28H32N4O4S/c1-4-5-6-9-16-37(34,35)32-21-13-15-25(27(18-21)36-3)31-28-22-10-7-8-11-24(22)30-26-17-20(29-19(2)33)12-14-23(26)28/h7-8,10-15,17-18,32H,4-6,9,16H2,1-3H3,(H,29,33)(H,30,31). The number of ether oxygens (including phenoxy) is 1. The maximum Gasteiger partial charge on any atom is 0.232 e. The molecule has 194 valence electrons. The van der Waals surface area contributed by atoms with E-state index in [0.717, 1.165) is 46.8 Å². The number of unbranched alkanes of at least 4 members (excludes halogenated alkanes) is 3. The number of nitrogens with zero attached hydrogens (tertiary/aromatic N) is 1. The molecule has 0 aliphatic heterocycles. The van der Waals surface area contributed by atoms with Gasteiger partial charge in [0, 0.05) is 29.4 Å². The van der Waals surface area contributed by atoms with Crippen LogP contribution in [-0.2, 0) is 14.8 Å². The molecule has 3 N–H and O–H groups in total. The SMILES string of the molecule is CCCCCCS(=O)(=O)Nc1ccc(Nc2c3ccccc3nc3cc(NC(C)=O)ccc23)c(OC)c1. The van der Waals surface area contributed by atoms with E-state index in [1.165, 1.54) is 6.92 Å². The van der Waals surface area contributed by atoms with Crippen LogP contribution in [-0.4, -0.2) is 32.2 Å². The van der Waals surface area contributed by atoms with Gasteiger partial charge in [-0.3, -0.25) is 9.52 Å². The molecule has 0 fully saturated rings. The summed E-state index contributed by atoms with van der Waals surface area (Å²) in [5.74, 6) is 0.431. The lowest BCUT2D eigenvalue weighted by molar-refractivity contribution is -0.114. The van der Waals surface area contributed by atoms with Crippen LogP contribution in [0.5, 0.6) is 5.75 Å². The Labute approximate surface area is 217 Å². The Morgan fingerprint density at radius 1 is 0.919 bits per heavy atom. The van der Waals surface area contributed by atoms with Crippen molar-refractivity contribution in [1.29, 1.82) is 0 Å². The lowest BCUT2D eigenvalue weighted by atomic mass is 10.1. The number of carbonyl (C=O) groups excluding carboxylic acids is 1. The van der Waals surface area contributed by atoms with Gasteiger partial charge in [0.15, 0.2) is 0 Å². The lowest BCUT2D eigenvalue weighted by Crippen LogP contribution is -2.16. The summed E-state index contributed by atoms with van der Waals surface area (Å²) in [6, 6.07) is 18.6. The van der Waals surface area contributed by atoms with Gasteiger partial charge in [-0.25, -0.2) is 13.4 Å². The molecule has 0 bridgehead atoms. The normalized spacial score (nSPS) is 11.4. The third kappa shape index (κ3) is 6.48. The topological polar surface area (TPSA) is 109 Å². The Hall–Kier alpha value is -3.85. The first-order valence-corrected chi connectivity index (χ1v) is 14.0. The second-order valence-corrected chi connectivity index (χ2v) is 10.8. The zero-order valence-electron chi connectivity index (χ0n) is 21.3. The number of hydrogen-bond acceptors (Lipinski definition) is 6. The van der Waals surface area contributed by atoms with Crippen LogP contribution in [0.25, 0.3) is 21.8 Å². The van der Waals surface area contributed by atoms with Gasteiger partial charge in [-0.1, -0.05) is 44.4 Å². The summed E-state index contributed by atoms with van der Waals surface area (Å²) in [7, 11) is -1.90. The van der Waals surface area contributed by atoms with Crippen LogP contribution in [0.15, 0.2) is 60.7 Å². The molecule has 1 heterocycles. The van der Waals surface area contributed by atoms with E-state index in [0.29, 0.717) is 29.2 Å². The fourth-order valence-corrected chi connectivity index (χ4v) is 5.42. The van der Waals surface area contributed by atoms with E-state index in [1.807, 2.05) is 42.5 Å². The van der Waals surface area contributed by atoms with Crippen molar-refractivity contribution in [2.75, 3.05) is 28.2 Å². The van der Waals surface area contributed by atoms with E-state index in [9.17, 15) is 13.2 Å². The highest BCUT2D eigenvalue weighted by Crippen LogP contribution is 2.37. The van der Waals surface area contributed by atoms with Gasteiger partial charge in [0.05, 0.1) is 41.0 Å². The molecular formula is C28H32N4O4S. The van der Waals surface area contributed by atoms with Crippen molar-refractivity contribution in [1.82, 2.24) is 4.98 Å². The molecular weight excluding hydrogens is 488 g/mol. The van der Waals surface area contributed by atoms with E-state index in [2.05, 4.69) is 22.3 Å². The van der Waals surface area contributed by atoms with Gasteiger partial charge in [0.2, 0.25) is 15.9 Å². The van der Waals surface area contributed by atoms with Gasteiger partial charge in [0.25, 0.3) is 0 Å². The summed E-state index contributed by atoms with van der Waals surface area (Å²) in [4.78, 5) is 16.3. The Balaban J connectivity index is 1.67. The molecule has 0 unspecified atom stereocenters. The van der Waals surface area contributed by atoms with Gasteiger partial charge in [-0.05, 0) is 42.8 Å². The third-order valence-corrected chi connectivity index (χ3v) is 7.38. The molecule has 0 atom stereocenters. The molecule has 0 spiro atoms. The summed E-state index contributed by atoms with van der Waals surface area (Å²) in [5.41, 5.74) is 4.14. The predicted octanol–water partition coefficient (Wildman–Crippen LogP) is 6.42. The molecule has 0 saturated heterocycles. The number of aromatic nitrogens is 1. The molecule has 0 aliphatic carbocycles. The molecule has 37 heavy (non-hydrogen) atoms. The van der Waals surface area contributed by atoms with Crippen molar-refractivity contribution >= 4 is 60.5 Å². The Kier molecular flexibility index (Phi) is 8.13. The molecule has 0 saturated carbocycles. The number of rotatable bonds is 11. The fraction of sp³-hybridized carbons (Fsp3) is 0.286. The quantitative estimate of drug-likeness (QED) is 0.155. The van der Waals surface area contributed by atoms with Crippen LogP contribution in [0.1, 0.15) is 39.5 Å². The van der Waals surface area contributed by atoms with Gasteiger partial charge in [-0.15, -0.1) is 0 Å². The summed E-state index contributed by atoms with van der Waals surface area (Å²) in [5, 5.41) is 8.06. The van der Waals surface area contributed by atoms with Gasteiger partial charge < -0.3 is 15.4 Å². The number of carbonyl (C=O) groups is 1. The van der Waals surface area contributed by atoms with E-state index in [4.69, 9.17) is 9.72 Å². The van der Waals surface area contributed by atoms with E-state index in [1.54, 1.807) is 25.3 Å². The minimum absolute atomic E-state index is 0.0881. The number of methoxy groups -OCH3 is 1. The fourth-order valence-electron chi connectivity index (χ4n) is 4.25. The van der Waals surface area contributed by atoms with Crippen molar-refractivity contribution in [3.05, 3.63) is 60.7 Å². The van der Waals surface area contributed by atoms with Crippen molar-refractivity contribution < 1.29 is 17.9 Å². The van der Waals surface area contributed by atoms with Crippen LogP contribution in [0.2, 0.25) is 0 Å². The largest absolute Gasteiger partial charge is 0.494 e. The van der Waals surface area contributed by atoms with Gasteiger partial charge in [0.1, 0.15) is 5.75 Å². The minimum Gasteiger partial charge on any atom is -0.494 e. The zero-order chi connectivity index (χ0) is 26.4. The third-order valence-electron chi connectivity index (χ3n) is 6.00. The van der Waals surface area contributed by atoms with Crippen molar-refractivity contribution in [2.24, 2.45) is 0 Å². The number of amides is 1. The first-order chi connectivity index (χ1) is 17.8. The summed E-state index contributed by atoms with van der Waals surface area (Å²) < 4.78 is 33.3. The molecule has 4 aromatic rings. The van der Waals surface area contributed by atoms with E-state index < -0.39 is 10.0 Å². The number of anilines is 4. The number of benzene rings is 3. The average Bonchev–Trinajstić information content (AvgIpc) is 2.86. The second-order valence-electron chi connectivity index (χ2n) is 8.94. The molecule has 9 heteroatoms. The summed E-state index contributed by atoms with van der Waals surface area (Å²) in [6.07, 6.45) is 3.60. The monoisotopic (exact) mass is 520 g/mol. The van der Waals surface area contributed by atoms with Crippen LogP contribution < -0.4 is 20.1 Å². The van der Waals surface area contributed by atoms with Gasteiger partial charge in [-0.2, -0.15) is 0 Å². The molecule has 8 nitrogen and oxygen atoms in total. The number of pyridine rings is 1. The predicted molar refractivity (Wildman–Crippen MR) is 151 cm³/mol. The number of nitrogens with one attached hydrogen (secondary N) is 3. The Morgan fingerprint density at radius 2 is 1.68 bits per heavy atom. The van der Waals surface area contributed by atoms with E-state index in [-0.39, 0.29) is 11.7 Å². The van der Waals surface area contributed by atoms with Gasteiger partial charge >= 0.3 is 0 Å². The maximum absolute atomic E-state index is 12.5. The first-order valence-electron chi connectivity index (χ1n) is 12.4. The molecule has 0 radical (unpaired) electrons. The zero-order valence-corrected chi connectivity index (χ0v) is 22.1. The highest BCUT2D eigenvalue weighted by Gasteiger charge is 2.15. The maximum atomic E-state index is 12.5. The number of hydrogen-bond donors (Lipinski definition) is 3. The van der Waals surface area contributed by atoms with E-state index >= 15 is 0 Å². The Bertz CT molecular complexity index is 1540. The number of sulfonamides is 1. The first kappa shape index (κ1) is 26.2. The average molecular weight is 521 g/mol. The van der Waals surface area contributed by atoms with Crippen LogP contribution in [0, 0.1) is 0 Å². The van der Waals surface area contributed by atoms with Crippen molar-refractivity contribution in [3.63, 3.8) is 0 Å².